The van der Waals surface area contributed by atoms with Gasteiger partial charge in [-0.2, -0.15) is 0 Å². The number of halogens is 1. The second-order valence-electron chi connectivity index (χ2n) is 4.85. The smallest absolute Gasteiger partial charge is 0.261 e. The zero-order valence-corrected chi connectivity index (χ0v) is 13.6. The summed E-state index contributed by atoms with van der Waals surface area (Å²) in [6.07, 6.45) is 2.42. The van der Waals surface area contributed by atoms with Gasteiger partial charge < -0.3 is 4.74 Å². The lowest BCUT2D eigenvalue weighted by Gasteiger charge is -2.14. The van der Waals surface area contributed by atoms with Crippen LogP contribution in [0.2, 0.25) is 0 Å². The first-order chi connectivity index (χ1) is 11.3. The van der Waals surface area contributed by atoms with Crippen molar-refractivity contribution in [2.45, 2.75) is 4.90 Å². The third-order valence-corrected chi connectivity index (χ3v) is 4.61. The van der Waals surface area contributed by atoms with Gasteiger partial charge in [-0.1, -0.05) is 0 Å². The van der Waals surface area contributed by atoms with Gasteiger partial charge in [0.25, 0.3) is 20.9 Å². The Balaban J connectivity index is 1.75. The van der Waals surface area contributed by atoms with Crippen molar-refractivity contribution in [1.82, 2.24) is 0 Å². The van der Waals surface area contributed by atoms with Gasteiger partial charge >= 0.3 is 0 Å². The fourth-order valence-corrected chi connectivity index (χ4v) is 2.89. The Morgan fingerprint density at radius 2 is 1.25 bits per heavy atom. The average Bonchev–Trinajstić information content (AvgIpc) is 2.87. The second kappa shape index (κ2) is 6.10. The number of hydrogen-bond acceptors (Lipinski definition) is 5. The molecule has 24 heavy (non-hydrogen) atoms. The van der Waals surface area contributed by atoms with Gasteiger partial charge in [0.05, 0.1) is 10.6 Å². The lowest BCUT2D eigenvalue weighted by atomic mass is 10.2. The van der Waals surface area contributed by atoms with Crippen LogP contribution in [-0.2, 0) is 18.6 Å². The summed E-state index contributed by atoms with van der Waals surface area (Å²) in [4.78, 5) is 24.2. The number of amides is 2. The molecule has 2 aromatic carbocycles. The van der Waals surface area contributed by atoms with Crippen molar-refractivity contribution >= 4 is 37.2 Å². The summed E-state index contributed by atoms with van der Waals surface area (Å²) in [5, 5.41) is 0. The number of benzene rings is 2. The zero-order valence-electron chi connectivity index (χ0n) is 12.0. The van der Waals surface area contributed by atoms with E-state index in [2.05, 4.69) is 0 Å². The van der Waals surface area contributed by atoms with Crippen LogP contribution in [0.3, 0.4) is 0 Å². The standard InChI is InChI=1S/C16H10ClNO5S/c17-24(21,22)14-7-5-13(6-8-14)23-12-3-1-11(2-4-12)18-15(19)9-10-16(18)20/h1-10H. The summed E-state index contributed by atoms with van der Waals surface area (Å²) in [5.41, 5.74) is 0.436. The quantitative estimate of drug-likeness (QED) is 0.616. The first kappa shape index (κ1) is 16.2. The Morgan fingerprint density at radius 1 is 0.792 bits per heavy atom. The highest BCUT2D eigenvalue weighted by atomic mass is 35.7. The number of carbonyl (C=O) groups is 2. The van der Waals surface area contributed by atoms with E-state index in [9.17, 15) is 18.0 Å². The number of carbonyl (C=O) groups excluding carboxylic acids is 2. The van der Waals surface area contributed by atoms with Crippen molar-refractivity contribution < 1.29 is 22.7 Å². The molecule has 0 spiro atoms. The first-order valence-electron chi connectivity index (χ1n) is 6.73. The maximum atomic E-state index is 11.6. The molecule has 0 saturated heterocycles. The third-order valence-electron chi connectivity index (χ3n) is 3.25. The molecule has 0 saturated carbocycles. The Morgan fingerprint density at radius 3 is 1.71 bits per heavy atom. The fraction of sp³-hybridized carbons (Fsp3) is 0. The van der Waals surface area contributed by atoms with Crippen LogP contribution in [0.25, 0.3) is 0 Å². The lowest BCUT2D eigenvalue weighted by molar-refractivity contribution is -0.119. The zero-order chi connectivity index (χ0) is 17.3. The summed E-state index contributed by atoms with van der Waals surface area (Å²) < 4.78 is 27.9. The molecule has 0 aromatic heterocycles. The molecule has 1 aliphatic heterocycles. The van der Waals surface area contributed by atoms with Gasteiger partial charge in [0.15, 0.2) is 0 Å². The highest BCUT2D eigenvalue weighted by Gasteiger charge is 2.24. The molecule has 2 amide bonds. The molecule has 8 heteroatoms. The number of rotatable bonds is 4. The van der Waals surface area contributed by atoms with Crippen molar-refractivity contribution in [2.75, 3.05) is 4.90 Å². The molecule has 1 heterocycles. The van der Waals surface area contributed by atoms with Crippen LogP contribution in [0.5, 0.6) is 11.5 Å². The van der Waals surface area contributed by atoms with Crippen LogP contribution in [0.4, 0.5) is 5.69 Å². The van der Waals surface area contributed by atoms with Crippen LogP contribution < -0.4 is 9.64 Å². The molecule has 6 nitrogen and oxygen atoms in total. The van der Waals surface area contributed by atoms with E-state index in [-0.39, 0.29) is 4.90 Å². The van der Waals surface area contributed by atoms with E-state index < -0.39 is 20.9 Å². The summed E-state index contributed by atoms with van der Waals surface area (Å²) in [7, 11) is 1.46. The van der Waals surface area contributed by atoms with Crippen LogP contribution in [0.15, 0.2) is 65.6 Å². The maximum absolute atomic E-state index is 11.6. The molecular formula is C16H10ClNO5S. The van der Waals surface area contributed by atoms with Crippen molar-refractivity contribution in [2.24, 2.45) is 0 Å². The van der Waals surface area contributed by atoms with Crippen molar-refractivity contribution in [3.8, 4) is 11.5 Å². The summed E-state index contributed by atoms with van der Waals surface area (Å²) in [5.74, 6) is 0.0900. The number of nitrogens with zero attached hydrogens (tertiary/aromatic N) is 1. The SMILES string of the molecule is O=C1C=CC(=O)N1c1ccc(Oc2ccc(S(=O)(=O)Cl)cc2)cc1. The molecular weight excluding hydrogens is 354 g/mol. The van der Waals surface area contributed by atoms with Gasteiger partial charge in [0.1, 0.15) is 11.5 Å². The minimum atomic E-state index is -3.78. The lowest BCUT2D eigenvalue weighted by Crippen LogP contribution is -2.29. The molecule has 0 N–H and O–H groups in total. The highest BCUT2D eigenvalue weighted by molar-refractivity contribution is 8.13. The van der Waals surface area contributed by atoms with E-state index in [1.54, 1.807) is 24.3 Å². The molecule has 0 aliphatic carbocycles. The van der Waals surface area contributed by atoms with Crippen LogP contribution in [-0.4, -0.2) is 20.2 Å². The summed E-state index contributed by atoms with van der Waals surface area (Å²) >= 11 is 0. The predicted octanol–water partition coefficient (Wildman–Crippen LogP) is 2.84. The molecule has 0 fully saturated rings. The molecule has 0 unspecified atom stereocenters. The largest absolute Gasteiger partial charge is 0.457 e. The monoisotopic (exact) mass is 363 g/mol. The van der Waals surface area contributed by atoms with Crippen molar-refractivity contribution in [3.63, 3.8) is 0 Å². The van der Waals surface area contributed by atoms with Gasteiger partial charge in [-0.15, -0.1) is 0 Å². The Labute approximate surface area is 142 Å². The average molecular weight is 364 g/mol. The van der Waals surface area contributed by atoms with Gasteiger partial charge in [-0.3, -0.25) is 9.59 Å². The molecule has 1 aliphatic rings. The Kier molecular flexibility index (Phi) is 4.13. The van der Waals surface area contributed by atoms with E-state index >= 15 is 0 Å². The van der Waals surface area contributed by atoms with E-state index in [1.807, 2.05) is 0 Å². The van der Waals surface area contributed by atoms with Crippen LogP contribution in [0.1, 0.15) is 0 Å². The van der Waals surface area contributed by atoms with Gasteiger partial charge in [0.2, 0.25) is 0 Å². The van der Waals surface area contributed by atoms with E-state index in [1.165, 1.54) is 36.4 Å². The minimum absolute atomic E-state index is 0.0228. The summed E-state index contributed by atoms with van der Waals surface area (Å²) in [6, 6.07) is 12.0. The molecule has 0 bridgehead atoms. The highest BCUT2D eigenvalue weighted by Crippen LogP contribution is 2.27. The van der Waals surface area contributed by atoms with Crippen molar-refractivity contribution in [3.05, 3.63) is 60.7 Å². The Hall–Kier alpha value is -2.64. The van der Waals surface area contributed by atoms with Crippen LogP contribution in [0, 0.1) is 0 Å². The third kappa shape index (κ3) is 3.32. The molecule has 0 radical (unpaired) electrons. The maximum Gasteiger partial charge on any atom is 0.261 e. The topological polar surface area (TPSA) is 80.8 Å². The molecule has 2 aromatic rings. The Bertz CT molecular complexity index is 915. The fourth-order valence-electron chi connectivity index (χ4n) is 2.12. The first-order valence-corrected chi connectivity index (χ1v) is 9.04. The van der Waals surface area contributed by atoms with E-state index in [0.29, 0.717) is 17.2 Å². The van der Waals surface area contributed by atoms with Gasteiger partial charge in [-0.25, -0.2) is 13.3 Å². The van der Waals surface area contributed by atoms with Gasteiger partial charge in [0, 0.05) is 22.8 Å². The number of hydrogen-bond donors (Lipinski definition) is 0. The minimum Gasteiger partial charge on any atom is -0.457 e. The normalized spacial score (nSPS) is 14.3. The number of ether oxygens (including phenoxy) is 1. The molecule has 0 atom stereocenters. The predicted molar refractivity (Wildman–Crippen MR) is 87.6 cm³/mol. The number of imide groups is 1. The van der Waals surface area contributed by atoms with E-state index in [4.69, 9.17) is 15.4 Å². The van der Waals surface area contributed by atoms with E-state index in [0.717, 1.165) is 4.90 Å². The molecule has 3 rings (SSSR count). The van der Waals surface area contributed by atoms with Crippen LogP contribution >= 0.6 is 10.7 Å². The van der Waals surface area contributed by atoms with Crippen molar-refractivity contribution in [1.29, 1.82) is 0 Å². The molecule has 122 valence electrons. The summed E-state index contributed by atoms with van der Waals surface area (Å²) in [6.45, 7) is 0. The van der Waals surface area contributed by atoms with Gasteiger partial charge in [-0.05, 0) is 48.5 Å². The number of anilines is 1. The second-order valence-corrected chi connectivity index (χ2v) is 7.42.